The van der Waals surface area contributed by atoms with Crippen LogP contribution < -0.4 is 0 Å². The average Bonchev–Trinajstić information content (AvgIpc) is 3.07. The number of halogens is 2. The van der Waals surface area contributed by atoms with E-state index in [1.807, 2.05) is 13.8 Å². The number of aromatic nitrogens is 2. The van der Waals surface area contributed by atoms with E-state index in [-0.39, 0.29) is 17.6 Å². The van der Waals surface area contributed by atoms with Crippen LogP contribution in [0, 0.1) is 11.6 Å². The molecule has 0 spiro atoms. The van der Waals surface area contributed by atoms with Gasteiger partial charge in [0.1, 0.15) is 17.5 Å². The maximum Gasteiger partial charge on any atom is 0.306 e. The second kappa shape index (κ2) is 9.00. The van der Waals surface area contributed by atoms with Crippen LogP contribution in [0.5, 0.6) is 0 Å². The molecule has 7 heteroatoms. The van der Waals surface area contributed by atoms with Gasteiger partial charge < -0.3 is 14.8 Å². The molecule has 2 N–H and O–H groups in total. The van der Waals surface area contributed by atoms with E-state index in [2.05, 4.69) is 0 Å². The summed E-state index contributed by atoms with van der Waals surface area (Å²) in [6, 6.07) is 11.8. The summed E-state index contributed by atoms with van der Waals surface area (Å²) < 4.78 is 28.7. The van der Waals surface area contributed by atoms with Crippen molar-refractivity contribution in [2.45, 2.75) is 32.3 Å². The second-order valence-electron chi connectivity index (χ2n) is 7.21. The van der Waals surface area contributed by atoms with Gasteiger partial charge in [0.05, 0.1) is 23.9 Å². The highest BCUT2D eigenvalue weighted by Gasteiger charge is 2.21. The van der Waals surface area contributed by atoms with Gasteiger partial charge >= 0.3 is 5.97 Å². The molecule has 1 aromatic heterocycles. The van der Waals surface area contributed by atoms with E-state index < -0.39 is 18.5 Å². The van der Waals surface area contributed by atoms with Crippen LogP contribution in [0.25, 0.3) is 28.7 Å². The molecule has 1 atom stereocenters. The minimum atomic E-state index is -1.18. The van der Waals surface area contributed by atoms with Crippen molar-refractivity contribution >= 4 is 12.2 Å². The van der Waals surface area contributed by atoms with Crippen LogP contribution in [0.3, 0.4) is 0 Å². The number of hydrogen-bond donors (Lipinski definition) is 2. The molecule has 0 aliphatic rings. The van der Waals surface area contributed by atoms with Gasteiger partial charge in [-0.2, -0.15) is 0 Å². The number of aliphatic hydroxyl groups is 1. The molecule has 0 amide bonds. The van der Waals surface area contributed by atoms with Crippen LogP contribution in [0.15, 0.2) is 54.6 Å². The number of nitrogens with zero attached hydrogens (tertiary/aromatic N) is 2. The fraction of sp³-hybridized carbons (Fsp3) is 0.217. The zero-order valence-electron chi connectivity index (χ0n) is 16.6. The number of benzene rings is 2. The zero-order valence-corrected chi connectivity index (χ0v) is 16.6. The predicted molar refractivity (Wildman–Crippen MR) is 111 cm³/mol. The van der Waals surface area contributed by atoms with E-state index in [1.54, 1.807) is 35.0 Å². The van der Waals surface area contributed by atoms with E-state index in [4.69, 9.17) is 10.1 Å². The van der Waals surface area contributed by atoms with Crippen LogP contribution in [-0.2, 0) is 4.79 Å². The van der Waals surface area contributed by atoms with Crippen molar-refractivity contribution in [3.05, 3.63) is 72.1 Å². The highest BCUT2D eigenvalue weighted by molar-refractivity contribution is 5.80. The lowest BCUT2D eigenvalue weighted by molar-refractivity contribution is -0.138. The Morgan fingerprint density at radius 2 is 1.57 bits per heavy atom. The Morgan fingerprint density at radius 1 is 1.03 bits per heavy atom. The van der Waals surface area contributed by atoms with Crippen LogP contribution in [0.1, 0.15) is 32.0 Å². The lowest BCUT2D eigenvalue weighted by Crippen LogP contribution is -2.10. The first-order chi connectivity index (χ1) is 14.3. The van der Waals surface area contributed by atoms with Crippen molar-refractivity contribution in [2.24, 2.45) is 0 Å². The largest absolute Gasteiger partial charge is 0.481 e. The van der Waals surface area contributed by atoms with E-state index in [1.165, 1.54) is 30.3 Å². The van der Waals surface area contributed by atoms with Crippen LogP contribution in [0.4, 0.5) is 8.78 Å². The Morgan fingerprint density at radius 3 is 2.07 bits per heavy atom. The van der Waals surface area contributed by atoms with Crippen molar-refractivity contribution in [3.63, 3.8) is 0 Å². The molecule has 0 radical (unpaired) electrons. The van der Waals surface area contributed by atoms with Crippen molar-refractivity contribution in [1.29, 1.82) is 0 Å². The lowest BCUT2D eigenvalue weighted by atomic mass is 10.0. The molecular formula is C23H22F2N2O3. The number of rotatable bonds is 7. The summed E-state index contributed by atoms with van der Waals surface area (Å²) >= 11 is 0. The summed E-state index contributed by atoms with van der Waals surface area (Å²) in [6.07, 6.45) is 1.34. The Labute approximate surface area is 172 Å². The number of carbonyl (C=O) groups is 1. The van der Waals surface area contributed by atoms with E-state index >= 15 is 0 Å². The third kappa shape index (κ3) is 4.80. The molecule has 0 fully saturated rings. The Bertz CT molecular complexity index is 1060. The van der Waals surface area contributed by atoms with Gasteiger partial charge in [0.25, 0.3) is 0 Å². The maximum absolute atomic E-state index is 13.5. The van der Waals surface area contributed by atoms with E-state index in [0.29, 0.717) is 28.3 Å². The molecular weight excluding hydrogens is 390 g/mol. The SMILES string of the molecule is CC(C)c1nc(-c2ccc(F)cc2)c(-c2ccc(F)cc2)n1C=C[C@@H](O)CC(=O)O. The van der Waals surface area contributed by atoms with Crippen molar-refractivity contribution in [1.82, 2.24) is 9.55 Å². The maximum atomic E-state index is 13.5. The van der Waals surface area contributed by atoms with E-state index in [0.717, 1.165) is 0 Å². The number of aliphatic carboxylic acids is 1. The monoisotopic (exact) mass is 412 g/mol. The number of imidazole rings is 1. The summed E-state index contributed by atoms with van der Waals surface area (Å²) in [5.41, 5.74) is 2.55. The third-order valence-corrected chi connectivity index (χ3v) is 4.53. The van der Waals surface area contributed by atoms with Crippen LogP contribution in [0.2, 0.25) is 0 Å². The molecule has 0 unspecified atom stereocenters. The molecule has 30 heavy (non-hydrogen) atoms. The molecule has 3 rings (SSSR count). The van der Waals surface area contributed by atoms with Crippen molar-refractivity contribution < 1.29 is 23.8 Å². The Kier molecular flexibility index (Phi) is 6.42. The molecule has 0 bridgehead atoms. The van der Waals surface area contributed by atoms with Gasteiger partial charge in [0.2, 0.25) is 0 Å². The van der Waals surface area contributed by atoms with Gasteiger partial charge in [-0.3, -0.25) is 4.79 Å². The summed E-state index contributed by atoms with van der Waals surface area (Å²) in [7, 11) is 0. The first-order valence-corrected chi connectivity index (χ1v) is 9.48. The number of carboxylic acid groups (broad SMARTS) is 1. The Hall–Kier alpha value is -3.32. The van der Waals surface area contributed by atoms with Gasteiger partial charge in [-0.05, 0) is 54.6 Å². The van der Waals surface area contributed by atoms with Crippen LogP contribution in [-0.4, -0.2) is 31.8 Å². The predicted octanol–water partition coefficient (Wildman–Crippen LogP) is 4.93. The molecule has 5 nitrogen and oxygen atoms in total. The third-order valence-electron chi connectivity index (χ3n) is 4.53. The topological polar surface area (TPSA) is 75.3 Å². The smallest absolute Gasteiger partial charge is 0.306 e. The fourth-order valence-corrected chi connectivity index (χ4v) is 3.13. The quantitative estimate of drug-likeness (QED) is 0.577. The summed E-state index contributed by atoms with van der Waals surface area (Å²) in [6.45, 7) is 3.90. The molecule has 1 heterocycles. The highest BCUT2D eigenvalue weighted by atomic mass is 19.1. The standard InChI is InChI=1S/C23H22F2N2O3/c1-14(2)23-26-21(15-3-7-17(24)8-4-15)22(16-5-9-18(25)10-6-16)27(23)12-11-19(28)13-20(29)30/h3-12,14,19,28H,13H2,1-2H3,(H,29,30)/t19-/m1/s1. The van der Waals surface area contributed by atoms with Gasteiger partial charge in [0.15, 0.2) is 0 Å². The van der Waals surface area contributed by atoms with Crippen molar-refractivity contribution in [2.75, 3.05) is 0 Å². The molecule has 2 aromatic carbocycles. The fourth-order valence-electron chi connectivity index (χ4n) is 3.13. The first-order valence-electron chi connectivity index (χ1n) is 9.48. The minimum absolute atomic E-state index is 0.0142. The first kappa shape index (κ1) is 21.4. The summed E-state index contributed by atoms with van der Waals surface area (Å²) in [4.78, 5) is 15.6. The molecule has 0 aliphatic carbocycles. The second-order valence-corrected chi connectivity index (χ2v) is 7.21. The van der Waals surface area contributed by atoms with Gasteiger partial charge in [-0.1, -0.05) is 13.8 Å². The highest BCUT2D eigenvalue weighted by Crippen LogP contribution is 2.35. The Balaban J connectivity index is 2.22. The van der Waals surface area contributed by atoms with Gasteiger partial charge in [0, 0.05) is 23.2 Å². The summed E-state index contributed by atoms with van der Waals surface area (Å²) in [5.74, 6) is -1.23. The summed E-state index contributed by atoms with van der Waals surface area (Å²) in [5, 5.41) is 18.8. The minimum Gasteiger partial charge on any atom is -0.481 e. The normalized spacial score (nSPS) is 12.6. The van der Waals surface area contributed by atoms with Crippen molar-refractivity contribution in [3.8, 4) is 22.5 Å². The van der Waals surface area contributed by atoms with Gasteiger partial charge in [-0.25, -0.2) is 13.8 Å². The lowest BCUT2D eigenvalue weighted by Gasteiger charge is -2.12. The number of aliphatic hydroxyl groups excluding tert-OH is 1. The van der Waals surface area contributed by atoms with Gasteiger partial charge in [-0.15, -0.1) is 0 Å². The van der Waals surface area contributed by atoms with E-state index in [9.17, 15) is 18.7 Å². The molecule has 156 valence electrons. The molecule has 0 saturated carbocycles. The number of hydrogen-bond acceptors (Lipinski definition) is 3. The van der Waals surface area contributed by atoms with Crippen LogP contribution >= 0.6 is 0 Å². The molecule has 0 aliphatic heterocycles. The average molecular weight is 412 g/mol. The zero-order chi connectivity index (χ0) is 21.8. The number of carboxylic acids is 1. The molecule has 3 aromatic rings. The molecule has 0 saturated heterocycles.